The largest absolute Gasteiger partial charge is 0.292 e. The number of rotatable bonds is 3. The minimum Gasteiger partial charge on any atom is -0.292 e. The van der Waals surface area contributed by atoms with Crippen LogP contribution < -0.4 is 0 Å². The van der Waals surface area contributed by atoms with Crippen molar-refractivity contribution in [1.29, 1.82) is 0 Å². The van der Waals surface area contributed by atoms with Crippen LogP contribution in [0.25, 0.3) is 59.4 Å². The Labute approximate surface area is 252 Å². The Kier molecular flexibility index (Phi) is 6.14. The number of hydrogen-bond acceptors (Lipinski definition) is 2. The average Bonchev–Trinajstić information content (AvgIpc) is 3.55. The molecule has 7 rings (SSSR count). The van der Waals surface area contributed by atoms with Gasteiger partial charge in [-0.15, -0.1) is 11.3 Å². The molecule has 0 atom stereocenters. The smallest absolute Gasteiger partial charge is 0.145 e. The number of para-hydroxylation sites is 3. The Balaban J connectivity index is 1.48. The first-order chi connectivity index (χ1) is 20.1. The zero-order chi connectivity index (χ0) is 29.2. The van der Waals surface area contributed by atoms with E-state index in [2.05, 4.69) is 155 Å². The molecule has 0 amide bonds. The lowest BCUT2D eigenvalue weighted by Gasteiger charge is -2.21. The van der Waals surface area contributed by atoms with Crippen molar-refractivity contribution in [2.24, 2.45) is 0 Å². The lowest BCUT2D eigenvalue weighted by atomic mass is 9.83. The second-order valence-electron chi connectivity index (χ2n) is 13.4. The molecular formula is C39H36N2S. The Morgan fingerprint density at radius 3 is 2.05 bits per heavy atom. The second kappa shape index (κ2) is 9.68. The summed E-state index contributed by atoms with van der Waals surface area (Å²) < 4.78 is 4.97. The molecule has 0 saturated carbocycles. The number of thiophene rings is 1. The van der Waals surface area contributed by atoms with Crippen LogP contribution >= 0.6 is 11.3 Å². The van der Waals surface area contributed by atoms with Gasteiger partial charge in [0, 0.05) is 31.4 Å². The molecule has 208 valence electrons. The molecule has 0 saturated heterocycles. The first kappa shape index (κ1) is 26.7. The summed E-state index contributed by atoms with van der Waals surface area (Å²) >= 11 is 1.91. The van der Waals surface area contributed by atoms with Gasteiger partial charge in [0.1, 0.15) is 5.82 Å². The van der Waals surface area contributed by atoms with Crippen molar-refractivity contribution in [3.63, 3.8) is 0 Å². The topological polar surface area (TPSA) is 17.8 Å². The van der Waals surface area contributed by atoms with Gasteiger partial charge in [-0.1, -0.05) is 96.1 Å². The van der Waals surface area contributed by atoms with Gasteiger partial charge in [0.05, 0.1) is 11.0 Å². The van der Waals surface area contributed by atoms with Gasteiger partial charge in [-0.05, 0) is 87.7 Å². The normalized spacial score (nSPS) is 12.5. The minimum atomic E-state index is 0.0255. The van der Waals surface area contributed by atoms with Crippen LogP contribution in [0.15, 0.2) is 109 Å². The Hall–Kier alpha value is -4.21. The van der Waals surface area contributed by atoms with Crippen LogP contribution in [0.5, 0.6) is 0 Å². The van der Waals surface area contributed by atoms with Gasteiger partial charge in [0.25, 0.3) is 0 Å². The fourth-order valence-electron chi connectivity index (χ4n) is 5.88. The van der Waals surface area contributed by atoms with Crippen LogP contribution in [0.4, 0.5) is 0 Å². The molecule has 0 aliphatic heterocycles. The number of hydrogen-bond donors (Lipinski definition) is 0. The third-order valence-corrected chi connectivity index (χ3v) is 9.53. The Morgan fingerprint density at radius 2 is 1.29 bits per heavy atom. The van der Waals surface area contributed by atoms with Crippen molar-refractivity contribution in [2.45, 2.75) is 52.4 Å². The van der Waals surface area contributed by atoms with E-state index in [4.69, 9.17) is 4.98 Å². The first-order valence-electron chi connectivity index (χ1n) is 14.7. The van der Waals surface area contributed by atoms with E-state index in [0.717, 1.165) is 28.1 Å². The Morgan fingerprint density at radius 1 is 0.595 bits per heavy atom. The highest BCUT2D eigenvalue weighted by Gasteiger charge is 2.22. The molecule has 0 bridgehead atoms. The van der Waals surface area contributed by atoms with E-state index in [1.807, 2.05) is 11.3 Å². The quantitative estimate of drug-likeness (QED) is 0.209. The van der Waals surface area contributed by atoms with Crippen molar-refractivity contribution >= 4 is 42.5 Å². The SMILES string of the molecule is CC(C)(C)c1ccc2sc3c(-c4cccc(-c5nc6ccccc6n5-c5ccccc5)c4)cc(C(C)(C)C)cc3c2c1. The predicted octanol–water partition coefficient (Wildman–Crippen LogP) is 11.3. The highest BCUT2D eigenvalue weighted by molar-refractivity contribution is 7.26. The van der Waals surface area contributed by atoms with Gasteiger partial charge in [-0.25, -0.2) is 4.98 Å². The summed E-state index contributed by atoms with van der Waals surface area (Å²) in [5.41, 5.74) is 9.70. The molecule has 0 unspecified atom stereocenters. The number of imidazole rings is 1. The number of fused-ring (bicyclic) bond motifs is 4. The zero-order valence-electron chi connectivity index (χ0n) is 25.2. The minimum absolute atomic E-state index is 0.0255. The lowest BCUT2D eigenvalue weighted by Crippen LogP contribution is -2.11. The first-order valence-corrected chi connectivity index (χ1v) is 15.5. The highest BCUT2D eigenvalue weighted by Crippen LogP contribution is 2.44. The maximum atomic E-state index is 5.15. The lowest BCUT2D eigenvalue weighted by molar-refractivity contribution is 0.590. The van der Waals surface area contributed by atoms with E-state index in [0.29, 0.717) is 0 Å². The average molecular weight is 565 g/mol. The van der Waals surface area contributed by atoms with Crippen LogP contribution in [0.1, 0.15) is 52.7 Å². The molecule has 0 aliphatic carbocycles. The van der Waals surface area contributed by atoms with E-state index in [1.54, 1.807) is 0 Å². The Bertz CT molecular complexity index is 2100. The van der Waals surface area contributed by atoms with Crippen LogP contribution in [-0.2, 0) is 10.8 Å². The number of nitrogens with zero attached hydrogens (tertiary/aromatic N) is 2. The van der Waals surface area contributed by atoms with Gasteiger partial charge >= 0.3 is 0 Å². The van der Waals surface area contributed by atoms with Gasteiger partial charge in [-0.3, -0.25) is 4.57 Å². The zero-order valence-corrected chi connectivity index (χ0v) is 26.0. The molecule has 42 heavy (non-hydrogen) atoms. The molecule has 3 heteroatoms. The molecule has 2 nitrogen and oxygen atoms in total. The summed E-state index contributed by atoms with van der Waals surface area (Å²) in [5, 5.41) is 2.71. The maximum Gasteiger partial charge on any atom is 0.145 e. The third-order valence-electron chi connectivity index (χ3n) is 8.31. The molecule has 0 N–H and O–H groups in total. The summed E-state index contributed by atoms with van der Waals surface area (Å²) in [6.07, 6.45) is 0. The molecule has 2 heterocycles. The van der Waals surface area contributed by atoms with Crippen LogP contribution in [0.3, 0.4) is 0 Å². The molecule has 0 aliphatic rings. The second-order valence-corrected chi connectivity index (χ2v) is 14.4. The summed E-state index contributed by atoms with van der Waals surface area (Å²) in [7, 11) is 0. The summed E-state index contributed by atoms with van der Waals surface area (Å²) in [5.74, 6) is 0.957. The molecule has 7 aromatic rings. The van der Waals surface area contributed by atoms with Gasteiger partial charge in [-0.2, -0.15) is 0 Å². The van der Waals surface area contributed by atoms with E-state index >= 15 is 0 Å². The predicted molar refractivity (Wildman–Crippen MR) is 182 cm³/mol. The monoisotopic (exact) mass is 564 g/mol. The molecule has 2 aromatic heterocycles. The van der Waals surface area contributed by atoms with Crippen LogP contribution in [0, 0.1) is 0 Å². The maximum absolute atomic E-state index is 5.15. The van der Waals surface area contributed by atoms with E-state index in [9.17, 15) is 0 Å². The summed E-state index contributed by atoms with van der Waals surface area (Å²) in [4.78, 5) is 5.15. The van der Waals surface area contributed by atoms with E-state index in [1.165, 1.54) is 42.4 Å². The van der Waals surface area contributed by atoms with E-state index < -0.39 is 0 Å². The summed E-state index contributed by atoms with van der Waals surface area (Å²) in [6, 6.07) is 39.8. The third kappa shape index (κ3) is 4.53. The number of aromatic nitrogens is 2. The van der Waals surface area contributed by atoms with Crippen LogP contribution in [0.2, 0.25) is 0 Å². The standard InChI is InChI=1S/C39H36N2S/c1-38(2,3)27-19-20-35-31(22-27)32-24-28(39(4,5)6)23-30(36(32)42-35)25-13-12-14-26(21-25)37-40-33-17-10-11-18-34(33)41(37)29-15-8-7-9-16-29/h7-24H,1-6H3. The van der Waals surface area contributed by atoms with Gasteiger partial charge < -0.3 is 0 Å². The van der Waals surface area contributed by atoms with Crippen molar-refractivity contribution in [2.75, 3.05) is 0 Å². The molecule has 0 fully saturated rings. The number of benzene rings is 5. The van der Waals surface area contributed by atoms with E-state index in [-0.39, 0.29) is 10.8 Å². The van der Waals surface area contributed by atoms with Crippen molar-refractivity contribution < 1.29 is 0 Å². The van der Waals surface area contributed by atoms with Crippen molar-refractivity contribution in [1.82, 2.24) is 9.55 Å². The van der Waals surface area contributed by atoms with Gasteiger partial charge in [0.2, 0.25) is 0 Å². The van der Waals surface area contributed by atoms with Crippen molar-refractivity contribution in [3.05, 3.63) is 120 Å². The molecule has 0 spiro atoms. The molecular weight excluding hydrogens is 529 g/mol. The van der Waals surface area contributed by atoms with Gasteiger partial charge in [0.15, 0.2) is 0 Å². The molecule has 5 aromatic carbocycles. The summed E-state index contributed by atoms with van der Waals surface area (Å²) in [6.45, 7) is 13.8. The highest BCUT2D eigenvalue weighted by atomic mass is 32.1. The van der Waals surface area contributed by atoms with Crippen LogP contribution in [-0.4, -0.2) is 9.55 Å². The van der Waals surface area contributed by atoms with Crippen molar-refractivity contribution in [3.8, 4) is 28.2 Å². The fourth-order valence-corrected chi connectivity index (χ4v) is 7.08. The fraction of sp³-hybridized carbons (Fsp3) is 0.205. The molecule has 0 radical (unpaired) electrons.